The summed E-state index contributed by atoms with van der Waals surface area (Å²) in [5.41, 5.74) is 2.26. The highest BCUT2D eigenvalue weighted by atomic mass is 32.1. The van der Waals surface area contributed by atoms with E-state index in [4.69, 9.17) is 4.74 Å². The number of rotatable bonds is 6. The average molecular weight is 387 g/mol. The molecule has 1 N–H and O–H groups in total. The number of nitrogens with one attached hydrogen (secondary N) is 1. The fourth-order valence-corrected chi connectivity index (χ4v) is 4.72. The number of benzene rings is 1. The predicted molar refractivity (Wildman–Crippen MR) is 108 cm³/mol. The zero-order valence-electron chi connectivity index (χ0n) is 16.0. The molecule has 1 aromatic carbocycles. The number of hydrogen-bond acceptors (Lipinski definition) is 5. The fourth-order valence-electron chi connectivity index (χ4n) is 3.63. The van der Waals surface area contributed by atoms with Crippen LogP contribution < -0.4 is 5.32 Å². The molecule has 1 fully saturated rings. The first-order chi connectivity index (χ1) is 13.0. The maximum absolute atomic E-state index is 12.6. The van der Waals surface area contributed by atoms with Crippen molar-refractivity contribution in [3.8, 4) is 10.4 Å². The summed E-state index contributed by atoms with van der Waals surface area (Å²) in [6.45, 7) is 2.63. The molecule has 1 saturated heterocycles. The Bertz CT molecular complexity index is 803. The summed E-state index contributed by atoms with van der Waals surface area (Å²) in [6.07, 6.45) is 2.32. The highest BCUT2D eigenvalue weighted by molar-refractivity contribution is 7.17. The maximum Gasteiger partial charge on any atom is 0.307 e. The van der Waals surface area contributed by atoms with Crippen molar-refractivity contribution in [1.29, 1.82) is 0 Å². The Hall–Kier alpha value is -2.18. The lowest BCUT2D eigenvalue weighted by atomic mass is 10.1. The topological polar surface area (TPSA) is 58.6 Å². The minimum Gasteiger partial charge on any atom is -0.469 e. The molecule has 1 aliphatic heterocycles. The van der Waals surface area contributed by atoms with Gasteiger partial charge in [-0.25, -0.2) is 0 Å². The zero-order chi connectivity index (χ0) is 19.4. The van der Waals surface area contributed by atoms with Crippen LogP contribution in [0.15, 0.2) is 36.4 Å². The quantitative estimate of drug-likeness (QED) is 0.772. The van der Waals surface area contributed by atoms with Gasteiger partial charge in [0.25, 0.3) is 5.91 Å². The van der Waals surface area contributed by atoms with Crippen LogP contribution in [0.1, 0.15) is 34.5 Å². The molecule has 0 unspecified atom stereocenters. The summed E-state index contributed by atoms with van der Waals surface area (Å²) < 4.78 is 4.77. The number of thiophene rings is 1. The second-order valence-electron chi connectivity index (χ2n) is 7.03. The van der Waals surface area contributed by atoms with Crippen molar-refractivity contribution in [1.82, 2.24) is 10.2 Å². The van der Waals surface area contributed by atoms with Crippen LogP contribution in [0.25, 0.3) is 10.4 Å². The number of carbonyl (C=O) groups is 2. The first-order valence-electron chi connectivity index (χ1n) is 9.22. The van der Waals surface area contributed by atoms with Gasteiger partial charge in [-0.15, -0.1) is 11.3 Å². The number of ether oxygens (including phenoxy) is 1. The van der Waals surface area contributed by atoms with Crippen LogP contribution in [0.4, 0.5) is 0 Å². The van der Waals surface area contributed by atoms with Gasteiger partial charge in [-0.1, -0.05) is 30.3 Å². The van der Waals surface area contributed by atoms with Crippen molar-refractivity contribution in [3.63, 3.8) is 0 Å². The van der Waals surface area contributed by atoms with Crippen LogP contribution in [-0.4, -0.2) is 49.6 Å². The van der Waals surface area contributed by atoms with Gasteiger partial charge in [-0.3, -0.25) is 14.5 Å². The smallest absolute Gasteiger partial charge is 0.307 e. The predicted octanol–water partition coefficient (Wildman–Crippen LogP) is 3.48. The van der Waals surface area contributed by atoms with E-state index in [9.17, 15) is 9.59 Å². The molecule has 3 rings (SSSR count). The highest BCUT2D eigenvalue weighted by Crippen LogP contribution is 2.32. The number of carbonyl (C=O) groups excluding carboxylic acids is 2. The summed E-state index contributed by atoms with van der Waals surface area (Å²) in [4.78, 5) is 28.2. The molecule has 27 heavy (non-hydrogen) atoms. The van der Waals surface area contributed by atoms with Crippen LogP contribution in [-0.2, 0) is 9.53 Å². The van der Waals surface area contributed by atoms with E-state index in [0.717, 1.165) is 33.7 Å². The average Bonchev–Trinajstić information content (AvgIpc) is 3.23. The molecule has 0 saturated carbocycles. The van der Waals surface area contributed by atoms with E-state index in [1.54, 1.807) is 0 Å². The molecule has 2 aromatic rings. The number of aryl methyl sites for hydroxylation is 1. The third-order valence-corrected chi connectivity index (χ3v) is 6.58. The lowest BCUT2D eigenvalue weighted by Gasteiger charge is -2.25. The molecule has 0 radical (unpaired) electrons. The molecule has 6 heteroatoms. The Morgan fingerprint density at radius 1 is 1.22 bits per heavy atom. The Labute approximate surface area is 164 Å². The highest BCUT2D eigenvalue weighted by Gasteiger charge is 2.32. The van der Waals surface area contributed by atoms with E-state index < -0.39 is 0 Å². The van der Waals surface area contributed by atoms with Gasteiger partial charge in [0.15, 0.2) is 0 Å². The third kappa shape index (κ3) is 4.57. The van der Waals surface area contributed by atoms with Gasteiger partial charge >= 0.3 is 5.97 Å². The second-order valence-corrected chi connectivity index (χ2v) is 8.08. The molecule has 0 spiro atoms. The second kappa shape index (κ2) is 8.67. The number of likely N-dealkylation sites (N-methyl/N-ethyl adjacent to an activating group) is 1. The lowest BCUT2D eigenvalue weighted by Crippen LogP contribution is -2.41. The number of hydrogen-bond donors (Lipinski definition) is 1. The van der Waals surface area contributed by atoms with E-state index in [-0.39, 0.29) is 24.0 Å². The molecule has 1 amide bonds. The first-order valence-corrected chi connectivity index (χ1v) is 10.0. The molecule has 2 heterocycles. The number of amides is 1. The minimum absolute atomic E-state index is 0.0323. The van der Waals surface area contributed by atoms with E-state index in [0.29, 0.717) is 13.0 Å². The van der Waals surface area contributed by atoms with Gasteiger partial charge in [-0.05, 0) is 44.0 Å². The maximum atomic E-state index is 12.6. The van der Waals surface area contributed by atoms with Crippen molar-refractivity contribution in [2.75, 3.05) is 20.7 Å². The summed E-state index contributed by atoms with van der Waals surface area (Å²) in [5, 5.41) is 3.06. The Kier molecular flexibility index (Phi) is 6.29. The van der Waals surface area contributed by atoms with Crippen LogP contribution in [0.5, 0.6) is 0 Å². The molecular weight excluding hydrogens is 360 g/mol. The van der Waals surface area contributed by atoms with Crippen molar-refractivity contribution in [3.05, 3.63) is 46.8 Å². The van der Waals surface area contributed by atoms with Crippen LogP contribution in [0, 0.1) is 6.92 Å². The molecule has 144 valence electrons. The van der Waals surface area contributed by atoms with E-state index in [1.165, 1.54) is 18.4 Å². The number of methoxy groups -OCH3 is 1. The standard InChI is InChI=1S/C21H26N2O3S/c1-14-11-18(27-20(14)15-7-5-4-6-8-15)21(25)22-13-17-10-9-16(23(17)2)12-19(24)26-3/h4-8,11,16-17H,9-10,12-13H2,1-3H3,(H,22,25)/t16-,17+/m1/s1. The largest absolute Gasteiger partial charge is 0.469 e. The van der Waals surface area contributed by atoms with Crippen LogP contribution in [0.2, 0.25) is 0 Å². The lowest BCUT2D eigenvalue weighted by molar-refractivity contribution is -0.141. The van der Waals surface area contributed by atoms with Gasteiger partial charge in [0, 0.05) is 23.5 Å². The normalized spacial score (nSPS) is 19.8. The fraction of sp³-hybridized carbons (Fsp3) is 0.429. The Balaban J connectivity index is 1.58. The van der Waals surface area contributed by atoms with E-state index in [2.05, 4.69) is 22.3 Å². The SMILES string of the molecule is COC(=O)C[C@H]1CC[C@@H](CNC(=O)c2cc(C)c(-c3ccccc3)s2)N1C. The molecule has 0 aliphatic carbocycles. The number of nitrogens with zero attached hydrogens (tertiary/aromatic N) is 1. The third-order valence-electron chi connectivity index (χ3n) is 5.29. The summed E-state index contributed by atoms with van der Waals surface area (Å²) in [6, 6.07) is 12.5. The molecular formula is C21H26N2O3S. The van der Waals surface area contributed by atoms with Gasteiger partial charge < -0.3 is 10.1 Å². The number of likely N-dealkylation sites (tertiary alicyclic amines) is 1. The van der Waals surface area contributed by atoms with Crippen LogP contribution >= 0.6 is 11.3 Å². The molecule has 2 atom stereocenters. The zero-order valence-corrected chi connectivity index (χ0v) is 16.8. The summed E-state index contributed by atoms with van der Waals surface area (Å²) >= 11 is 1.53. The summed E-state index contributed by atoms with van der Waals surface area (Å²) in [7, 11) is 3.43. The van der Waals surface area contributed by atoms with Crippen LogP contribution in [0.3, 0.4) is 0 Å². The van der Waals surface area contributed by atoms with Gasteiger partial charge in [0.2, 0.25) is 0 Å². The first kappa shape index (κ1) is 19.6. The van der Waals surface area contributed by atoms with Crippen molar-refractivity contribution < 1.29 is 14.3 Å². The van der Waals surface area contributed by atoms with E-state index >= 15 is 0 Å². The monoisotopic (exact) mass is 386 g/mol. The Morgan fingerprint density at radius 2 is 1.93 bits per heavy atom. The van der Waals surface area contributed by atoms with Crippen molar-refractivity contribution >= 4 is 23.2 Å². The Morgan fingerprint density at radius 3 is 2.63 bits per heavy atom. The van der Waals surface area contributed by atoms with Gasteiger partial charge in [0.05, 0.1) is 18.4 Å². The number of esters is 1. The molecule has 1 aliphatic rings. The van der Waals surface area contributed by atoms with Gasteiger partial charge in [0.1, 0.15) is 0 Å². The van der Waals surface area contributed by atoms with E-state index in [1.807, 2.05) is 38.2 Å². The van der Waals surface area contributed by atoms with Crippen molar-refractivity contribution in [2.45, 2.75) is 38.3 Å². The summed E-state index contributed by atoms with van der Waals surface area (Å²) in [5.74, 6) is -0.214. The van der Waals surface area contributed by atoms with Gasteiger partial charge in [-0.2, -0.15) is 0 Å². The molecule has 5 nitrogen and oxygen atoms in total. The van der Waals surface area contributed by atoms with Crippen molar-refractivity contribution in [2.24, 2.45) is 0 Å². The molecule has 0 bridgehead atoms. The minimum atomic E-state index is -0.181. The molecule has 1 aromatic heterocycles.